The minimum Gasteiger partial charge on any atom is -0.494 e. The standard InChI is InChI=1S/C24H34O2/c1-21-11-13-22(14-12-21)23-15-17-24(18-16-23)26-20-10-8-6-4-3-5-7-9-19-25-2/h11-18H,3-10,19-20H2,1-2H3. The molecule has 2 rings (SSSR count). The van der Waals surface area contributed by atoms with Gasteiger partial charge in [0.2, 0.25) is 0 Å². The van der Waals surface area contributed by atoms with Crippen molar-refractivity contribution in [3.63, 3.8) is 0 Å². The van der Waals surface area contributed by atoms with E-state index in [1.54, 1.807) is 7.11 Å². The van der Waals surface area contributed by atoms with Crippen molar-refractivity contribution >= 4 is 0 Å². The molecular formula is C24H34O2. The van der Waals surface area contributed by atoms with E-state index in [0.717, 1.165) is 25.4 Å². The number of unbranched alkanes of at least 4 members (excludes halogenated alkanes) is 7. The number of methoxy groups -OCH3 is 1. The van der Waals surface area contributed by atoms with Crippen molar-refractivity contribution in [3.8, 4) is 16.9 Å². The molecule has 0 saturated heterocycles. The average Bonchev–Trinajstić information content (AvgIpc) is 2.67. The van der Waals surface area contributed by atoms with Gasteiger partial charge in [-0.15, -0.1) is 0 Å². The highest BCUT2D eigenvalue weighted by Crippen LogP contribution is 2.23. The summed E-state index contributed by atoms with van der Waals surface area (Å²) < 4.78 is 10.9. The minimum absolute atomic E-state index is 0.817. The minimum atomic E-state index is 0.817. The fraction of sp³-hybridized carbons (Fsp3) is 0.500. The molecule has 0 radical (unpaired) electrons. The first-order valence-corrected chi connectivity index (χ1v) is 10.1. The Morgan fingerprint density at radius 2 is 1.04 bits per heavy atom. The first kappa shape index (κ1) is 20.5. The second-order valence-electron chi connectivity index (χ2n) is 7.06. The summed E-state index contributed by atoms with van der Waals surface area (Å²) >= 11 is 0. The van der Waals surface area contributed by atoms with Crippen LogP contribution >= 0.6 is 0 Å². The summed E-state index contributed by atoms with van der Waals surface area (Å²) in [7, 11) is 1.78. The fourth-order valence-corrected chi connectivity index (χ4v) is 3.09. The third-order valence-corrected chi connectivity index (χ3v) is 4.75. The maximum absolute atomic E-state index is 5.87. The molecule has 142 valence electrons. The van der Waals surface area contributed by atoms with Crippen molar-refractivity contribution in [3.05, 3.63) is 54.1 Å². The summed E-state index contributed by atoms with van der Waals surface area (Å²) in [6.07, 6.45) is 10.3. The largest absolute Gasteiger partial charge is 0.494 e. The molecule has 0 spiro atoms. The Bertz CT molecular complexity index is 587. The van der Waals surface area contributed by atoms with Gasteiger partial charge >= 0.3 is 0 Å². The molecular weight excluding hydrogens is 320 g/mol. The Hall–Kier alpha value is -1.80. The number of hydrogen-bond acceptors (Lipinski definition) is 2. The lowest BCUT2D eigenvalue weighted by atomic mass is 10.0. The van der Waals surface area contributed by atoms with E-state index in [9.17, 15) is 0 Å². The summed E-state index contributed by atoms with van der Waals surface area (Å²) in [4.78, 5) is 0. The van der Waals surface area contributed by atoms with Gasteiger partial charge in [-0.1, -0.05) is 80.5 Å². The highest BCUT2D eigenvalue weighted by molar-refractivity contribution is 5.64. The second kappa shape index (κ2) is 12.5. The van der Waals surface area contributed by atoms with E-state index >= 15 is 0 Å². The number of benzene rings is 2. The van der Waals surface area contributed by atoms with Crippen LogP contribution in [0.4, 0.5) is 0 Å². The summed E-state index contributed by atoms with van der Waals surface area (Å²) in [5.74, 6) is 0.971. The number of hydrogen-bond donors (Lipinski definition) is 0. The van der Waals surface area contributed by atoms with Crippen molar-refractivity contribution in [2.24, 2.45) is 0 Å². The Labute approximate surface area is 159 Å². The Morgan fingerprint density at radius 1 is 0.577 bits per heavy atom. The van der Waals surface area contributed by atoms with Gasteiger partial charge in [-0.25, -0.2) is 0 Å². The summed E-state index contributed by atoms with van der Waals surface area (Å²) in [5, 5.41) is 0. The molecule has 2 nitrogen and oxygen atoms in total. The topological polar surface area (TPSA) is 18.5 Å². The molecule has 0 bridgehead atoms. The Balaban J connectivity index is 1.54. The molecule has 0 aliphatic heterocycles. The van der Waals surface area contributed by atoms with Crippen molar-refractivity contribution in [1.82, 2.24) is 0 Å². The Morgan fingerprint density at radius 3 is 1.58 bits per heavy atom. The molecule has 0 aliphatic carbocycles. The number of rotatable bonds is 13. The van der Waals surface area contributed by atoms with E-state index in [0.29, 0.717) is 0 Å². The molecule has 0 aromatic heterocycles. The average molecular weight is 355 g/mol. The van der Waals surface area contributed by atoms with Crippen LogP contribution < -0.4 is 4.74 Å². The van der Waals surface area contributed by atoms with Gasteiger partial charge in [-0.2, -0.15) is 0 Å². The molecule has 0 unspecified atom stereocenters. The Kier molecular flexibility index (Phi) is 9.89. The van der Waals surface area contributed by atoms with Crippen LogP contribution in [0.2, 0.25) is 0 Å². The number of ether oxygens (including phenoxy) is 2. The van der Waals surface area contributed by atoms with Gasteiger partial charge in [0.05, 0.1) is 6.61 Å². The van der Waals surface area contributed by atoms with E-state index in [-0.39, 0.29) is 0 Å². The quantitative estimate of drug-likeness (QED) is 0.368. The van der Waals surface area contributed by atoms with E-state index in [1.165, 1.54) is 61.6 Å². The lowest BCUT2D eigenvalue weighted by molar-refractivity contribution is 0.192. The molecule has 0 aliphatic rings. The SMILES string of the molecule is COCCCCCCCCCCOc1ccc(-c2ccc(C)cc2)cc1. The molecule has 2 aromatic rings. The summed E-state index contributed by atoms with van der Waals surface area (Å²) in [6, 6.07) is 17.1. The third-order valence-electron chi connectivity index (χ3n) is 4.75. The van der Waals surface area contributed by atoms with Crippen LogP contribution in [-0.4, -0.2) is 20.3 Å². The van der Waals surface area contributed by atoms with Gasteiger partial charge in [-0.3, -0.25) is 0 Å². The van der Waals surface area contributed by atoms with Gasteiger partial charge in [0.1, 0.15) is 5.75 Å². The smallest absolute Gasteiger partial charge is 0.119 e. The van der Waals surface area contributed by atoms with Crippen LogP contribution in [0.5, 0.6) is 5.75 Å². The molecule has 0 atom stereocenters. The number of aryl methyl sites for hydroxylation is 1. The van der Waals surface area contributed by atoms with Gasteiger partial charge in [0.25, 0.3) is 0 Å². The van der Waals surface area contributed by atoms with Gasteiger partial charge < -0.3 is 9.47 Å². The normalized spacial score (nSPS) is 10.8. The van der Waals surface area contributed by atoms with E-state index < -0.39 is 0 Å². The van der Waals surface area contributed by atoms with Crippen LogP contribution in [0.25, 0.3) is 11.1 Å². The summed E-state index contributed by atoms with van der Waals surface area (Å²) in [5.41, 5.74) is 3.78. The molecule has 0 fully saturated rings. The first-order chi connectivity index (χ1) is 12.8. The van der Waals surface area contributed by atoms with Crippen LogP contribution in [0.3, 0.4) is 0 Å². The predicted octanol–water partition coefficient (Wildman–Crippen LogP) is 6.81. The summed E-state index contributed by atoms with van der Waals surface area (Å²) in [6.45, 7) is 3.84. The molecule has 2 aromatic carbocycles. The van der Waals surface area contributed by atoms with Crippen molar-refractivity contribution in [2.75, 3.05) is 20.3 Å². The molecule has 0 amide bonds. The monoisotopic (exact) mass is 354 g/mol. The molecule has 26 heavy (non-hydrogen) atoms. The zero-order valence-electron chi connectivity index (χ0n) is 16.5. The third kappa shape index (κ3) is 8.05. The lowest BCUT2D eigenvalue weighted by Crippen LogP contribution is -1.97. The van der Waals surface area contributed by atoms with Gasteiger partial charge in [0.15, 0.2) is 0 Å². The molecule has 0 heterocycles. The molecule has 0 N–H and O–H groups in total. The van der Waals surface area contributed by atoms with E-state index in [4.69, 9.17) is 9.47 Å². The zero-order valence-corrected chi connectivity index (χ0v) is 16.5. The molecule has 0 saturated carbocycles. The van der Waals surface area contributed by atoms with Crippen LogP contribution in [0.1, 0.15) is 56.9 Å². The van der Waals surface area contributed by atoms with Gasteiger partial charge in [-0.05, 0) is 43.0 Å². The predicted molar refractivity (Wildman–Crippen MR) is 111 cm³/mol. The van der Waals surface area contributed by atoms with Crippen LogP contribution in [-0.2, 0) is 4.74 Å². The van der Waals surface area contributed by atoms with Crippen molar-refractivity contribution in [1.29, 1.82) is 0 Å². The van der Waals surface area contributed by atoms with Gasteiger partial charge in [0, 0.05) is 13.7 Å². The maximum Gasteiger partial charge on any atom is 0.119 e. The zero-order chi connectivity index (χ0) is 18.5. The maximum atomic E-state index is 5.87. The van der Waals surface area contributed by atoms with Crippen molar-refractivity contribution < 1.29 is 9.47 Å². The van der Waals surface area contributed by atoms with Crippen LogP contribution in [0, 0.1) is 6.92 Å². The van der Waals surface area contributed by atoms with Crippen molar-refractivity contribution in [2.45, 2.75) is 58.3 Å². The van der Waals surface area contributed by atoms with E-state index in [1.807, 2.05) is 0 Å². The molecule has 2 heteroatoms. The first-order valence-electron chi connectivity index (χ1n) is 10.1. The highest BCUT2D eigenvalue weighted by atomic mass is 16.5. The second-order valence-corrected chi connectivity index (χ2v) is 7.06. The van der Waals surface area contributed by atoms with Crippen LogP contribution in [0.15, 0.2) is 48.5 Å². The van der Waals surface area contributed by atoms with E-state index in [2.05, 4.69) is 55.5 Å². The fourth-order valence-electron chi connectivity index (χ4n) is 3.09. The lowest BCUT2D eigenvalue weighted by Gasteiger charge is -2.08. The highest BCUT2D eigenvalue weighted by Gasteiger charge is 1.99.